The van der Waals surface area contributed by atoms with Crippen molar-refractivity contribution < 1.29 is 22.0 Å². The van der Waals surface area contributed by atoms with E-state index in [4.69, 9.17) is 5.41 Å². The predicted octanol–water partition coefficient (Wildman–Crippen LogP) is 2.64. The highest BCUT2D eigenvalue weighted by Gasteiger charge is 2.26. The Morgan fingerprint density at radius 1 is 0.786 bits per heavy atom. The number of thiol groups is 1. The van der Waals surface area contributed by atoms with Crippen molar-refractivity contribution in [3.05, 3.63) is 34.6 Å². The van der Waals surface area contributed by atoms with Crippen molar-refractivity contribution in [2.24, 2.45) is 0 Å². The Morgan fingerprint density at radius 3 is 1.36 bits per heavy atom. The first-order valence-corrected chi connectivity index (χ1v) is 3.62. The van der Waals surface area contributed by atoms with Gasteiger partial charge in [-0.25, -0.2) is 22.0 Å². The van der Waals surface area contributed by atoms with E-state index in [1.807, 2.05) is 0 Å². The number of halogens is 5. The molecule has 76 valence electrons. The molecule has 0 heterocycles. The molecule has 7 heteroatoms. The summed E-state index contributed by atoms with van der Waals surface area (Å²) < 4.78 is 62.9. The van der Waals surface area contributed by atoms with Gasteiger partial charge in [-0.3, -0.25) is 5.41 Å². The lowest BCUT2D eigenvalue weighted by Crippen LogP contribution is -2.09. The van der Waals surface area contributed by atoms with Crippen LogP contribution in [0.15, 0.2) is 0 Å². The standard InChI is InChI=1S/C7H2F5NS/c8-2-1(7(13)14)3(9)5(11)6(12)4(2)10/h(H2,13,14). The second-order valence-corrected chi connectivity index (χ2v) is 2.74. The molecule has 0 atom stereocenters. The smallest absolute Gasteiger partial charge is 0.200 e. The Morgan fingerprint density at radius 2 is 1.07 bits per heavy atom. The van der Waals surface area contributed by atoms with Crippen LogP contribution in [0.5, 0.6) is 0 Å². The molecule has 0 saturated heterocycles. The summed E-state index contributed by atoms with van der Waals surface area (Å²) in [5.41, 5.74) is -1.33. The third kappa shape index (κ3) is 1.47. The molecule has 0 radical (unpaired) electrons. The molecule has 0 aliphatic heterocycles. The summed E-state index contributed by atoms with van der Waals surface area (Å²) in [6, 6.07) is 0. The highest BCUT2D eigenvalue weighted by Crippen LogP contribution is 2.23. The summed E-state index contributed by atoms with van der Waals surface area (Å²) in [5, 5.41) is 5.68. The van der Waals surface area contributed by atoms with Crippen molar-refractivity contribution in [2.45, 2.75) is 0 Å². The highest BCUT2D eigenvalue weighted by atomic mass is 32.1. The third-order valence-electron chi connectivity index (χ3n) is 1.45. The molecular formula is C7H2F5NS. The molecule has 0 fully saturated rings. The first-order chi connectivity index (χ1) is 6.37. The van der Waals surface area contributed by atoms with Crippen LogP contribution in [0.25, 0.3) is 0 Å². The molecule has 1 nitrogen and oxygen atoms in total. The molecule has 1 aromatic carbocycles. The molecule has 0 bridgehead atoms. The monoisotopic (exact) mass is 227 g/mol. The lowest BCUT2D eigenvalue weighted by Gasteiger charge is -2.05. The zero-order chi connectivity index (χ0) is 11.0. The van der Waals surface area contributed by atoms with E-state index in [1.165, 1.54) is 0 Å². The fourth-order valence-electron chi connectivity index (χ4n) is 0.813. The lowest BCUT2D eigenvalue weighted by molar-refractivity contribution is 0.377. The van der Waals surface area contributed by atoms with E-state index < -0.39 is 39.7 Å². The van der Waals surface area contributed by atoms with Crippen LogP contribution in [0.1, 0.15) is 5.56 Å². The number of hydrogen-bond acceptors (Lipinski definition) is 1. The second kappa shape index (κ2) is 3.56. The summed E-state index contributed by atoms with van der Waals surface area (Å²) in [6.45, 7) is 0. The number of benzene rings is 1. The average Bonchev–Trinajstić information content (AvgIpc) is 2.11. The maximum absolute atomic E-state index is 12.7. The van der Waals surface area contributed by atoms with E-state index in [0.29, 0.717) is 0 Å². The second-order valence-electron chi connectivity index (χ2n) is 2.29. The topological polar surface area (TPSA) is 23.9 Å². The number of hydrogen-bond donors (Lipinski definition) is 2. The fourth-order valence-corrected chi connectivity index (χ4v) is 1.01. The van der Waals surface area contributed by atoms with E-state index >= 15 is 0 Å². The van der Waals surface area contributed by atoms with Crippen LogP contribution in [0.2, 0.25) is 0 Å². The normalized spacial score (nSPS) is 10.4. The first-order valence-electron chi connectivity index (χ1n) is 3.17. The van der Waals surface area contributed by atoms with Crippen molar-refractivity contribution in [2.75, 3.05) is 0 Å². The Kier molecular flexibility index (Phi) is 2.79. The van der Waals surface area contributed by atoms with Gasteiger partial charge in [0.1, 0.15) is 0 Å². The van der Waals surface area contributed by atoms with Gasteiger partial charge >= 0.3 is 0 Å². The van der Waals surface area contributed by atoms with E-state index in [9.17, 15) is 22.0 Å². The van der Waals surface area contributed by atoms with Crippen molar-refractivity contribution in [1.29, 1.82) is 5.41 Å². The quantitative estimate of drug-likeness (QED) is 0.184. The van der Waals surface area contributed by atoms with Crippen LogP contribution in [0, 0.1) is 34.5 Å². The van der Waals surface area contributed by atoms with Crippen LogP contribution < -0.4 is 0 Å². The Labute approximate surface area is 80.5 Å². The number of nitrogens with one attached hydrogen (secondary N) is 1. The summed E-state index contributed by atoms with van der Waals surface area (Å²) in [5.74, 6) is -10.5. The van der Waals surface area contributed by atoms with E-state index in [-0.39, 0.29) is 0 Å². The third-order valence-corrected chi connectivity index (χ3v) is 1.67. The van der Waals surface area contributed by atoms with Gasteiger partial charge in [0.25, 0.3) is 0 Å². The largest absolute Gasteiger partial charge is 0.293 e. The molecule has 1 N–H and O–H groups in total. The van der Waals surface area contributed by atoms with Gasteiger partial charge in [-0.2, -0.15) is 0 Å². The molecule has 1 rings (SSSR count). The molecule has 0 aliphatic carbocycles. The summed E-state index contributed by atoms with van der Waals surface area (Å²) in [7, 11) is 0. The maximum atomic E-state index is 12.7. The average molecular weight is 227 g/mol. The molecule has 0 amide bonds. The zero-order valence-electron chi connectivity index (χ0n) is 6.34. The Balaban J connectivity index is 3.68. The van der Waals surface area contributed by atoms with Gasteiger partial charge < -0.3 is 0 Å². The molecule has 14 heavy (non-hydrogen) atoms. The molecule has 0 unspecified atom stereocenters. The van der Waals surface area contributed by atoms with E-state index in [2.05, 4.69) is 12.6 Å². The SMILES string of the molecule is N=C(S)c1c(F)c(F)c(F)c(F)c1F. The predicted molar refractivity (Wildman–Crippen MR) is 42.0 cm³/mol. The van der Waals surface area contributed by atoms with Gasteiger partial charge in [0, 0.05) is 0 Å². The molecule has 1 aromatic rings. The Bertz CT molecular complexity index is 388. The minimum Gasteiger partial charge on any atom is -0.293 e. The van der Waals surface area contributed by atoms with Crippen molar-refractivity contribution in [3.63, 3.8) is 0 Å². The van der Waals surface area contributed by atoms with Crippen molar-refractivity contribution in [3.8, 4) is 0 Å². The van der Waals surface area contributed by atoms with Gasteiger partial charge in [0.15, 0.2) is 23.3 Å². The van der Waals surface area contributed by atoms with Gasteiger partial charge in [0.05, 0.1) is 10.6 Å². The zero-order valence-corrected chi connectivity index (χ0v) is 7.23. The summed E-state index contributed by atoms with van der Waals surface area (Å²) in [6.07, 6.45) is 0. The van der Waals surface area contributed by atoms with Gasteiger partial charge in [-0.1, -0.05) is 0 Å². The van der Waals surface area contributed by atoms with Crippen molar-refractivity contribution >= 4 is 17.7 Å². The Hall–Kier alpha value is -1.11. The summed E-state index contributed by atoms with van der Waals surface area (Å²) >= 11 is 3.20. The lowest BCUT2D eigenvalue weighted by atomic mass is 10.2. The molecular weight excluding hydrogens is 225 g/mol. The molecule has 0 saturated carbocycles. The fraction of sp³-hybridized carbons (Fsp3) is 0. The van der Waals surface area contributed by atoms with Crippen LogP contribution in [-0.4, -0.2) is 5.04 Å². The highest BCUT2D eigenvalue weighted by molar-refractivity contribution is 7.97. The molecule has 0 aromatic heterocycles. The van der Waals surface area contributed by atoms with Crippen LogP contribution in [0.4, 0.5) is 22.0 Å². The first kappa shape index (κ1) is 11.0. The summed E-state index contributed by atoms with van der Waals surface area (Å²) in [4.78, 5) is 0. The maximum Gasteiger partial charge on any atom is 0.200 e. The van der Waals surface area contributed by atoms with Crippen molar-refractivity contribution in [1.82, 2.24) is 0 Å². The van der Waals surface area contributed by atoms with Crippen LogP contribution in [-0.2, 0) is 0 Å². The molecule has 0 spiro atoms. The van der Waals surface area contributed by atoms with Gasteiger partial charge in [-0.15, -0.1) is 12.6 Å². The van der Waals surface area contributed by atoms with Crippen LogP contribution in [0.3, 0.4) is 0 Å². The minimum absolute atomic E-state index is 1.03. The minimum atomic E-state index is -2.25. The van der Waals surface area contributed by atoms with E-state index in [0.717, 1.165) is 0 Å². The van der Waals surface area contributed by atoms with E-state index in [1.54, 1.807) is 0 Å². The number of rotatable bonds is 1. The van der Waals surface area contributed by atoms with Gasteiger partial charge in [0.2, 0.25) is 5.82 Å². The van der Waals surface area contributed by atoms with Crippen LogP contribution >= 0.6 is 12.6 Å². The van der Waals surface area contributed by atoms with Gasteiger partial charge in [-0.05, 0) is 0 Å². The molecule has 0 aliphatic rings.